The molecule has 0 radical (unpaired) electrons. The van der Waals surface area contributed by atoms with Gasteiger partial charge in [0.25, 0.3) is 11.8 Å². The average Bonchev–Trinajstić information content (AvgIpc) is 3.48. The van der Waals surface area contributed by atoms with Crippen LogP contribution in [0.3, 0.4) is 0 Å². The molecule has 0 spiro atoms. The first-order valence-corrected chi connectivity index (χ1v) is 12.5. The molecule has 0 N–H and O–H groups in total. The molecule has 0 bridgehead atoms. The summed E-state index contributed by atoms with van der Waals surface area (Å²) in [6, 6.07) is 12.2. The fourth-order valence-corrected chi connectivity index (χ4v) is 5.12. The van der Waals surface area contributed by atoms with E-state index in [2.05, 4.69) is 22.1 Å². The van der Waals surface area contributed by atoms with Gasteiger partial charge in [0.1, 0.15) is 5.69 Å². The van der Waals surface area contributed by atoms with Crippen molar-refractivity contribution in [2.75, 3.05) is 37.6 Å². The number of aromatic nitrogens is 4. The second-order valence-corrected chi connectivity index (χ2v) is 9.18. The van der Waals surface area contributed by atoms with Crippen LogP contribution in [0.4, 0.5) is 5.69 Å². The van der Waals surface area contributed by atoms with Gasteiger partial charge in [-0.3, -0.25) is 19.0 Å². The number of benzene rings is 1. The topological polar surface area (TPSA) is 79.5 Å². The molecule has 9 heteroatoms. The van der Waals surface area contributed by atoms with Crippen molar-refractivity contribution >= 4 is 17.5 Å². The quantitative estimate of drug-likeness (QED) is 0.566. The van der Waals surface area contributed by atoms with E-state index in [4.69, 9.17) is 5.10 Å². The summed E-state index contributed by atoms with van der Waals surface area (Å²) in [6.45, 7) is 8.65. The zero-order chi connectivity index (χ0) is 24.5. The van der Waals surface area contributed by atoms with Gasteiger partial charge in [0, 0.05) is 69.7 Å². The molecule has 2 amide bonds. The first kappa shape index (κ1) is 23.1. The fraction of sp³-hybridized carbons (Fsp3) is 0.462. The standard InChI is InChI=1S/C26H33N7O2/c1-4-19-17-23(29(3)27-19)25(34)32-12-11-22-21(18-32)24(28-33(22)5-2)26(35)31-15-13-30(14-16-31)20-9-7-6-8-10-20/h6-10,17H,4-5,11-16,18H2,1-3H3. The largest absolute Gasteiger partial charge is 0.368 e. The zero-order valence-electron chi connectivity index (χ0n) is 20.8. The molecule has 1 aromatic carbocycles. The number of hydrogen-bond donors (Lipinski definition) is 0. The Hall–Kier alpha value is -3.62. The van der Waals surface area contributed by atoms with E-state index in [-0.39, 0.29) is 11.8 Å². The first-order chi connectivity index (χ1) is 17.0. The average molecular weight is 476 g/mol. The van der Waals surface area contributed by atoms with Crippen LogP contribution < -0.4 is 4.90 Å². The van der Waals surface area contributed by atoms with Gasteiger partial charge in [-0.05, 0) is 31.5 Å². The third-order valence-electron chi connectivity index (χ3n) is 7.12. The molecule has 0 aliphatic carbocycles. The van der Waals surface area contributed by atoms with Crippen LogP contribution in [0.2, 0.25) is 0 Å². The van der Waals surface area contributed by atoms with Crippen molar-refractivity contribution in [1.29, 1.82) is 0 Å². The van der Waals surface area contributed by atoms with Gasteiger partial charge in [0.05, 0.1) is 12.2 Å². The smallest absolute Gasteiger partial charge is 0.274 e. The van der Waals surface area contributed by atoms with Gasteiger partial charge in [0.15, 0.2) is 5.69 Å². The van der Waals surface area contributed by atoms with E-state index < -0.39 is 0 Å². The monoisotopic (exact) mass is 475 g/mol. The van der Waals surface area contributed by atoms with Crippen LogP contribution in [-0.4, -0.2) is 73.9 Å². The highest BCUT2D eigenvalue weighted by Crippen LogP contribution is 2.26. The highest BCUT2D eigenvalue weighted by molar-refractivity contribution is 5.95. The van der Waals surface area contributed by atoms with Crippen LogP contribution in [0.1, 0.15) is 51.8 Å². The molecule has 1 saturated heterocycles. The number of rotatable bonds is 5. The van der Waals surface area contributed by atoms with E-state index in [1.807, 2.05) is 52.6 Å². The molecule has 2 aliphatic heterocycles. The van der Waals surface area contributed by atoms with E-state index in [9.17, 15) is 9.59 Å². The maximum Gasteiger partial charge on any atom is 0.274 e. The third kappa shape index (κ3) is 4.31. The van der Waals surface area contributed by atoms with Gasteiger partial charge in [-0.2, -0.15) is 10.2 Å². The normalized spacial score (nSPS) is 15.9. The van der Waals surface area contributed by atoms with Crippen LogP contribution in [-0.2, 0) is 33.0 Å². The lowest BCUT2D eigenvalue weighted by Gasteiger charge is -2.36. The summed E-state index contributed by atoms with van der Waals surface area (Å²) in [5, 5.41) is 9.15. The number of fused-ring (bicyclic) bond motifs is 1. The van der Waals surface area contributed by atoms with Gasteiger partial charge in [-0.25, -0.2) is 0 Å². The van der Waals surface area contributed by atoms with Gasteiger partial charge in [0.2, 0.25) is 0 Å². The molecule has 0 unspecified atom stereocenters. The van der Waals surface area contributed by atoms with Crippen molar-refractivity contribution in [3.05, 3.63) is 64.7 Å². The third-order valence-corrected chi connectivity index (χ3v) is 7.12. The summed E-state index contributed by atoms with van der Waals surface area (Å²) >= 11 is 0. The SMILES string of the molecule is CCc1cc(C(=O)N2CCc3c(c(C(=O)N4CCN(c5ccccc5)CC4)nn3CC)C2)n(C)n1. The number of hydrogen-bond acceptors (Lipinski definition) is 5. The number of carbonyl (C=O) groups excluding carboxylic acids is 2. The predicted molar refractivity (Wildman–Crippen MR) is 133 cm³/mol. The molecule has 0 saturated carbocycles. The lowest BCUT2D eigenvalue weighted by molar-refractivity contribution is 0.0702. The van der Waals surface area contributed by atoms with Gasteiger partial charge in [-0.15, -0.1) is 0 Å². The lowest BCUT2D eigenvalue weighted by atomic mass is 10.0. The first-order valence-electron chi connectivity index (χ1n) is 12.5. The lowest BCUT2D eigenvalue weighted by Crippen LogP contribution is -2.49. The minimum absolute atomic E-state index is 0.0377. The molecule has 35 heavy (non-hydrogen) atoms. The number of carbonyl (C=O) groups is 2. The highest BCUT2D eigenvalue weighted by Gasteiger charge is 2.33. The molecule has 2 aliphatic rings. The minimum atomic E-state index is -0.0514. The number of anilines is 1. The molecule has 4 heterocycles. The Labute approximate surface area is 205 Å². The summed E-state index contributed by atoms with van der Waals surface area (Å²) in [5.41, 5.74) is 5.12. The summed E-state index contributed by atoms with van der Waals surface area (Å²) < 4.78 is 3.59. The van der Waals surface area contributed by atoms with Crippen LogP contribution in [0.5, 0.6) is 0 Å². The van der Waals surface area contributed by atoms with Gasteiger partial charge >= 0.3 is 0 Å². The molecule has 5 rings (SSSR count). The van der Waals surface area contributed by atoms with Crippen LogP contribution in [0.15, 0.2) is 36.4 Å². The molecule has 9 nitrogen and oxygen atoms in total. The minimum Gasteiger partial charge on any atom is -0.368 e. The van der Waals surface area contributed by atoms with E-state index >= 15 is 0 Å². The Kier molecular flexibility index (Phi) is 6.32. The molecule has 1 fully saturated rings. The maximum atomic E-state index is 13.6. The van der Waals surface area contributed by atoms with E-state index in [0.717, 1.165) is 36.5 Å². The fourth-order valence-electron chi connectivity index (χ4n) is 5.12. The second kappa shape index (κ2) is 9.56. The zero-order valence-corrected chi connectivity index (χ0v) is 20.8. The predicted octanol–water partition coefficient (Wildman–Crippen LogP) is 2.36. The summed E-state index contributed by atoms with van der Waals surface area (Å²) in [5.74, 6) is -0.0891. The Balaban J connectivity index is 1.34. The number of aryl methyl sites for hydroxylation is 3. The Bertz CT molecular complexity index is 1220. The van der Waals surface area contributed by atoms with Crippen LogP contribution in [0, 0.1) is 0 Å². The van der Waals surface area contributed by atoms with E-state index in [0.29, 0.717) is 50.5 Å². The van der Waals surface area contributed by atoms with Gasteiger partial charge in [-0.1, -0.05) is 25.1 Å². The number of nitrogens with zero attached hydrogens (tertiary/aromatic N) is 7. The van der Waals surface area contributed by atoms with E-state index in [1.54, 1.807) is 11.7 Å². The van der Waals surface area contributed by atoms with E-state index in [1.165, 1.54) is 5.69 Å². The Morgan fingerprint density at radius 3 is 2.31 bits per heavy atom. The van der Waals surface area contributed by atoms with Crippen LogP contribution >= 0.6 is 0 Å². The van der Waals surface area contributed by atoms with Crippen molar-refractivity contribution in [1.82, 2.24) is 29.4 Å². The molecular formula is C26H33N7O2. The molecule has 3 aromatic rings. The molecule has 0 atom stereocenters. The summed E-state index contributed by atoms with van der Waals surface area (Å²) in [7, 11) is 1.81. The highest BCUT2D eigenvalue weighted by atomic mass is 16.2. The second-order valence-electron chi connectivity index (χ2n) is 9.18. The van der Waals surface area contributed by atoms with Crippen molar-refractivity contribution in [3.8, 4) is 0 Å². The molecule has 184 valence electrons. The number of amides is 2. The molecular weight excluding hydrogens is 442 g/mol. The van der Waals surface area contributed by atoms with Gasteiger partial charge < -0.3 is 14.7 Å². The van der Waals surface area contributed by atoms with Crippen molar-refractivity contribution in [2.24, 2.45) is 7.05 Å². The molecule has 2 aromatic heterocycles. The number of para-hydroxylation sites is 1. The summed E-state index contributed by atoms with van der Waals surface area (Å²) in [4.78, 5) is 33.0. The van der Waals surface area contributed by atoms with Crippen LogP contribution in [0.25, 0.3) is 0 Å². The summed E-state index contributed by atoms with van der Waals surface area (Å²) in [6.07, 6.45) is 1.47. The van der Waals surface area contributed by atoms with Crippen molar-refractivity contribution in [3.63, 3.8) is 0 Å². The van der Waals surface area contributed by atoms with Crippen molar-refractivity contribution in [2.45, 2.75) is 39.8 Å². The maximum absolute atomic E-state index is 13.6. The number of piperazine rings is 1. The van der Waals surface area contributed by atoms with Crippen molar-refractivity contribution < 1.29 is 9.59 Å². The Morgan fingerprint density at radius 1 is 0.914 bits per heavy atom. The Morgan fingerprint density at radius 2 is 1.66 bits per heavy atom.